The normalized spacial score (nSPS) is 16.8. The summed E-state index contributed by atoms with van der Waals surface area (Å²) in [5, 5.41) is 14.6. The van der Waals surface area contributed by atoms with E-state index in [2.05, 4.69) is 15.6 Å². The minimum atomic E-state index is -1.23. The Morgan fingerprint density at radius 1 is 1.21 bits per heavy atom. The van der Waals surface area contributed by atoms with Crippen LogP contribution >= 0.6 is 0 Å². The molecule has 1 heterocycles. The van der Waals surface area contributed by atoms with E-state index >= 15 is 0 Å². The van der Waals surface area contributed by atoms with Gasteiger partial charge in [-0.05, 0) is 24.7 Å². The monoisotopic (exact) mass is 405 g/mol. The van der Waals surface area contributed by atoms with E-state index in [0.717, 1.165) is 31.9 Å². The molecule has 1 saturated carbocycles. The zero-order valence-corrected chi connectivity index (χ0v) is 17.0. The number of amides is 2. The van der Waals surface area contributed by atoms with Crippen molar-refractivity contribution in [2.45, 2.75) is 64.5 Å². The number of carbonyl (C=O) groups is 3. The number of aromatic carboxylic acids is 1. The van der Waals surface area contributed by atoms with Gasteiger partial charge >= 0.3 is 5.97 Å². The van der Waals surface area contributed by atoms with Crippen molar-refractivity contribution in [1.29, 1.82) is 0 Å². The lowest BCUT2D eigenvalue weighted by Gasteiger charge is -2.29. The zero-order valence-electron chi connectivity index (χ0n) is 17.0. The van der Waals surface area contributed by atoms with Gasteiger partial charge in [0.2, 0.25) is 11.8 Å². The maximum absolute atomic E-state index is 12.6. The van der Waals surface area contributed by atoms with Gasteiger partial charge in [0.1, 0.15) is 5.56 Å². The summed E-state index contributed by atoms with van der Waals surface area (Å²) in [6, 6.07) is -0.985. The molecule has 9 nitrogen and oxygen atoms in total. The average Bonchev–Trinajstić information content (AvgIpc) is 2.68. The fraction of sp³-hybridized carbons (Fsp3) is 0.600. The lowest BCUT2D eigenvalue weighted by Crippen LogP contribution is -2.51. The van der Waals surface area contributed by atoms with Crippen molar-refractivity contribution < 1.29 is 19.5 Å². The van der Waals surface area contributed by atoms with E-state index in [-0.39, 0.29) is 41.1 Å². The highest BCUT2D eigenvalue weighted by Crippen LogP contribution is 2.26. The Bertz CT molecular complexity index is 746. The molecule has 0 radical (unpaired) electrons. The second kappa shape index (κ2) is 10.2. The van der Waals surface area contributed by atoms with Gasteiger partial charge in [-0.1, -0.05) is 33.1 Å². The second-order valence-corrected chi connectivity index (χ2v) is 7.99. The number of nitrogens with two attached hydrogens (primary N) is 2. The Kier molecular flexibility index (Phi) is 7.95. The van der Waals surface area contributed by atoms with Crippen LogP contribution in [-0.4, -0.2) is 40.0 Å². The zero-order chi connectivity index (χ0) is 21.6. The third kappa shape index (κ3) is 6.15. The Balaban J connectivity index is 1.99. The van der Waals surface area contributed by atoms with E-state index < -0.39 is 24.0 Å². The van der Waals surface area contributed by atoms with Gasteiger partial charge in [-0.15, -0.1) is 0 Å². The fourth-order valence-corrected chi connectivity index (χ4v) is 3.58. The summed E-state index contributed by atoms with van der Waals surface area (Å²) in [5.74, 6) is -1.68. The minimum absolute atomic E-state index is 0.00378. The molecular formula is C20H31N5O4. The molecule has 2 rings (SSSR count). The van der Waals surface area contributed by atoms with Crippen LogP contribution in [0.3, 0.4) is 0 Å². The molecule has 1 aromatic heterocycles. The highest BCUT2D eigenvalue weighted by atomic mass is 16.4. The topological polar surface area (TPSA) is 160 Å². The first kappa shape index (κ1) is 22.6. The number of nitrogens with zero attached hydrogens (tertiary/aromatic N) is 1. The molecule has 0 bridgehead atoms. The molecule has 29 heavy (non-hydrogen) atoms. The smallest absolute Gasteiger partial charge is 0.339 e. The first-order valence-corrected chi connectivity index (χ1v) is 10.0. The predicted molar refractivity (Wildman–Crippen MR) is 110 cm³/mol. The number of anilines is 2. The van der Waals surface area contributed by atoms with Gasteiger partial charge in [-0.25, -0.2) is 4.79 Å². The van der Waals surface area contributed by atoms with Crippen molar-refractivity contribution in [3.05, 3.63) is 18.0 Å². The molecule has 0 aliphatic heterocycles. The first-order valence-electron chi connectivity index (χ1n) is 10.0. The lowest BCUT2D eigenvalue weighted by molar-refractivity contribution is -0.125. The number of nitrogens with one attached hydrogen (secondary N) is 2. The molecule has 0 unspecified atom stereocenters. The number of hydrogen-bond donors (Lipinski definition) is 5. The van der Waals surface area contributed by atoms with Crippen LogP contribution in [0.1, 0.15) is 62.7 Å². The van der Waals surface area contributed by atoms with E-state index in [9.17, 15) is 14.4 Å². The quantitative estimate of drug-likeness (QED) is 0.440. The van der Waals surface area contributed by atoms with Gasteiger partial charge in [0.05, 0.1) is 23.6 Å². The summed E-state index contributed by atoms with van der Waals surface area (Å²) >= 11 is 0. The molecule has 2 atom stereocenters. The molecule has 0 spiro atoms. The predicted octanol–water partition coefficient (Wildman–Crippen LogP) is 1.74. The SMILES string of the molecule is CC(C)[C@@H](CC(=O)Nc1cncc(C(=O)O)c1N)NC(=O)[C@@H](N)C1CCCCC1. The average molecular weight is 405 g/mol. The molecule has 2 amide bonds. The maximum Gasteiger partial charge on any atom is 0.339 e. The lowest BCUT2D eigenvalue weighted by atomic mass is 9.83. The van der Waals surface area contributed by atoms with Gasteiger partial charge in [0, 0.05) is 18.7 Å². The number of aromatic nitrogens is 1. The summed E-state index contributed by atoms with van der Waals surface area (Å²) < 4.78 is 0. The minimum Gasteiger partial charge on any atom is -0.478 e. The second-order valence-electron chi connectivity index (χ2n) is 7.99. The van der Waals surface area contributed by atoms with Crippen LogP contribution in [0.25, 0.3) is 0 Å². The van der Waals surface area contributed by atoms with Gasteiger partial charge in [-0.3, -0.25) is 14.6 Å². The summed E-state index contributed by atoms with van der Waals surface area (Å²) in [7, 11) is 0. The van der Waals surface area contributed by atoms with Crippen LogP contribution in [-0.2, 0) is 9.59 Å². The number of carboxylic acids is 1. The third-order valence-electron chi connectivity index (χ3n) is 5.49. The molecule has 0 saturated heterocycles. The maximum atomic E-state index is 12.6. The van der Waals surface area contributed by atoms with Crippen molar-refractivity contribution in [3.8, 4) is 0 Å². The largest absolute Gasteiger partial charge is 0.478 e. The molecule has 1 fully saturated rings. The van der Waals surface area contributed by atoms with Crippen LogP contribution in [0.4, 0.5) is 11.4 Å². The van der Waals surface area contributed by atoms with E-state index in [0.29, 0.717) is 0 Å². The number of nitrogen functional groups attached to an aromatic ring is 1. The fourth-order valence-electron chi connectivity index (χ4n) is 3.58. The van der Waals surface area contributed by atoms with E-state index in [1.807, 2.05) is 13.8 Å². The Labute approximate surface area is 170 Å². The Morgan fingerprint density at radius 2 is 1.86 bits per heavy atom. The van der Waals surface area contributed by atoms with Gasteiger partial charge in [-0.2, -0.15) is 0 Å². The molecule has 7 N–H and O–H groups in total. The Hall–Kier alpha value is -2.68. The Morgan fingerprint density at radius 3 is 2.45 bits per heavy atom. The van der Waals surface area contributed by atoms with Crippen LogP contribution in [0.15, 0.2) is 12.4 Å². The van der Waals surface area contributed by atoms with Crippen molar-refractivity contribution in [3.63, 3.8) is 0 Å². The van der Waals surface area contributed by atoms with Gasteiger partial charge in [0.15, 0.2) is 0 Å². The molecule has 0 aromatic carbocycles. The van der Waals surface area contributed by atoms with Crippen LogP contribution in [0.5, 0.6) is 0 Å². The summed E-state index contributed by atoms with van der Waals surface area (Å²) in [5.41, 5.74) is 11.8. The molecule has 1 aliphatic rings. The van der Waals surface area contributed by atoms with Crippen molar-refractivity contribution in [2.75, 3.05) is 11.1 Å². The number of carboxylic acid groups (broad SMARTS) is 1. The molecular weight excluding hydrogens is 374 g/mol. The highest BCUT2D eigenvalue weighted by Gasteiger charge is 2.29. The van der Waals surface area contributed by atoms with Gasteiger partial charge < -0.3 is 27.2 Å². The van der Waals surface area contributed by atoms with Gasteiger partial charge in [0.25, 0.3) is 0 Å². The summed E-state index contributed by atoms with van der Waals surface area (Å²) in [6.45, 7) is 3.82. The number of rotatable bonds is 8. The highest BCUT2D eigenvalue weighted by molar-refractivity contribution is 6.01. The van der Waals surface area contributed by atoms with Crippen LogP contribution in [0, 0.1) is 11.8 Å². The van der Waals surface area contributed by atoms with E-state index in [4.69, 9.17) is 16.6 Å². The number of carbonyl (C=O) groups excluding carboxylic acids is 2. The molecule has 1 aliphatic carbocycles. The standard InChI is InChI=1S/C20H31N5O4/c1-11(2)14(25-19(27)17(21)12-6-4-3-5-7-12)8-16(26)24-15-10-23-9-13(18(15)22)20(28)29/h9-12,14,17H,3-8,21H2,1-2H3,(H2,22,23)(H,24,26)(H,25,27)(H,28,29)/t14-,17+/m1/s1. The van der Waals surface area contributed by atoms with E-state index in [1.54, 1.807) is 0 Å². The number of hydrogen-bond acceptors (Lipinski definition) is 6. The molecule has 160 valence electrons. The third-order valence-corrected chi connectivity index (χ3v) is 5.49. The van der Waals surface area contributed by atoms with E-state index in [1.165, 1.54) is 12.6 Å². The van der Waals surface area contributed by atoms with Crippen LogP contribution in [0.2, 0.25) is 0 Å². The van der Waals surface area contributed by atoms with Crippen molar-refractivity contribution >= 4 is 29.2 Å². The van der Waals surface area contributed by atoms with Crippen LogP contribution < -0.4 is 22.1 Å². The van der Waals surface area contributed by atoms with Crippen molar-refractivity contribution in [1.82, 2.24) is 10.3 Å². The summed E-state index contributed by atoms with van der Waals surface area (Å²) in [6.07, 6.45) is 7.69. The summed E-state index contributed by atoms with van der Waals surface area (Å²) in [4.78, 5) is 40.0. The first-order chi connectivity index (χ1) is 13.7. The number of pyridine rings is 1. The van der Waals surface area contributed by atoms with Crippen molar-refractivity contribution in [2.24, 2.45) is 17.6 Å². The molecule has 1 aromatic rings. The molecule has 9 heteroatoms.